The zero-order valence-electron chi connectivity index (χ0n) is 17.8. The Kier molecular flexibility index (Phi) is 6.96. The summed E-state index contributed by atoms with van der Waals surface area (Å²) in [6, 6.07) is 21.5. The Morgan fingerprint density at radius 2 is 1.40 bits per heavy atom. The van der Waals surface area contributed by atoms with E-state index in [4.69, 9.17) is 14.2 Å². The van der Waals surface area contributed by atoms with E-state index in [0.717, 1.165) is 16.7 Å². The number of carbonyl (C=O) groups is 1. The molecule has 0 aliphatic carbocycles. The summed E-state index contributed by atoms with van der Waals surface area (Å²) >= 11 is 0. The summed E-state index contributed by atoms with van der Waals surface area (Å²) in [6.45, 7) is 2.05. The van der Waals surface area contributed by atoms with Gasteiger partial charge in [0.2, 0.25) is 11.7 Å². The Hall–Kier alpha value is -3.47. The normalized spacial score (nSPS) is 11.5. The van der Waals surface area contributed by atoms with Crippen molar-refractivity contribution in [3.05, 3.63) is 89.0 Å². The first-order chi connectivity index (χ1) is 14.5. The highest BCUT2D eigenvalue weighted by Gasteiger charge is 2.19. The number of hydrogen-bond donors (Lipinski definition) is 1. The summed E-state index contributed by atoms with van der Waals surface area (Å²) in [7, 11) is 4.67. The van der Waals surface area contributed by atoms with Gasteiger partial charge in [-0.15, -0.1) is 0 Å². The smallest absolute Gasteiger partial charge is 0.225 e. The fraction of sp³-hybridized carbons (Fsp3) is 0.240. The molecule has 0 saturated carbocycles. The average Bonchev–Trinajstić information content (AvgIpc) is 2.78. The Morgan fingerprint density at radius 3 is 1.93 bits per heavy atom. The lowest BCUT2D eigenvalue weighted by atomic mass is 9.97. The number of amides is 1. The van der Waals surface area contributed by atoms with E-state index >= 15 is 0 Å². The number of methoxy groups -OCH3 is 3. The number of rotatable bonds is 8. The monoisotopic (exact) mass is 405 g/mol. The fourth-order valence-electron chi connectivity index (χ4n) is 3.40. The van der Waals surface area contributed by atoms with Gasteiger partial charge in [-0.2, -0.15) is 0 Å². The fourth-order valence-corrected chi connectivity index (χ4v) is 3.40. The Balaban J connectivity index is 1.85. The van der Waals surface area contributed by atoms with Crippen LogP contribution in [0.4, 0.5) is 0 Å². The molecule has 30 heavy (non-hydrogen) atoms. The van der Waals surface area contributed by atoms with Crippen molar-refractivity contribution >= 4 is 5.91 Å². The zero-order valence-corrected chi connectivity index (χ0v) is 17.8. The number of hydrogen-bond acceptors (Lipinski definition) is 4. The number of nitrogens with one attached hydrogen (secondary N) is 1. The molecule has 0 radical (unpaired) electrons. The zero-order chi connectivity index (χ0) is 21.5. The molecule has 0 saturated heterocycles. The molecule has 156 valence electrons. The lowest BCUT2D eigenvalue weighted by Crippen LogP contribution is -2.30. The Bertz CT molecular complexity index is 959. The van der Waals surface area contributed by atoms with Gasteiger partial charge < -0.3 is 19.5 Å². The van der Waals surface area contributed by atoms with Crippen molar-refractivity contribution in [2.45, 2.75) is 19.4 Å². The quantitative estimate of drug-likeness (QED) is 0.601. The van der Waals surface area contributed by atoms with Crippen LogP contribution in [0.5, 0.6) is 17.2 Å². The number of aryl methyl sites for hydroxylation is 1. The maximum atomic E-state index is 13.0. The van der Waals surface area contributed by atoms with Crippen LogP contribution in [0.2, 0.25) is 0 Å². The third-order valence-corrected chi connectivity index (χ3v) is 4.94. The second kappa shape index (κ2) is 9.83. The topological polar surface area (TPSA) is 56.8 Å². The van der Waals surface area contributed by atoms with Gasteiger partial charge in [0.05, 0.1) is 33.8 Å². The van der Waals surface area contributed by atoms with Crippen LogP contribution < -0.4 is 19.5 Å². The van der Waals surface area contributed by atoms with E-state index in [9.17, 15) is 4.79 Å². The first kappa shape index (κ1) is 21.2. The van der Waals surface area contributed by atoms with E-state index in [2.05, 4.69) is 17.4 Å². The summed E-state index contributed by atoms with van der Waals surface area (Å²) in [5.41, 5.74) is 4.01. The average molecular weight is 405 g/mol. The van der Waals surface area contributed by atoms with Crippen LogP contribution in [0.15, 0.2) is 66.7 Å². The molecule has 0 fully saturated rings. The molecule has 3 aromatic carbocycles. The summed E-state index contributed by atoms with van der Waals surface area (Å²) in [6.07, 6.45) is 0.186. The predicted octanol–water partition coefficient (Wildman–Crippen LogP) is 4.47. The molecular weight excluding hydrogens is 378 g/mol. The molecule has 0 heterocycles. The minimum atomic E-state index is -0.235. The molecule has 1 atom stereocenters. The summed E-state index contributed by atoms with van der Waals surface area (Å²) in [4.78, 5) is 13.0. The summed E-state index contributed by atoms with van der Waals surface area (Å²) in [5.74, 6) is 1.46. The first-order valence-electron chi connectivity index (χ1n) is 9.75. The molecule has 0 spiro atoms. The molecule has 5 heteroatoms. The molecule has 1 amide bonds. The highest BCUT2D eigenvalue weighted by Crippen LogP contribution is 2.38. The van der Waals surface area contributed by atoms with E-state index in [1.165, 1.54) is 5.56 Å². The van der Waals surface area contributed by atoms with Gasteiger partial charge in [0.1, 0.15) is 0 Å². The van der Waals surface area contributed by atoms with Crippen LogP contribution in [0.1, 0.15) is 28.3 Å². The minimum absolute atomic E-state index is 0.0984. The SMILES string of the molecule is COc1cc(CC(=O)N[C@H](c2ccccc2)c2ccc(C)cc2)cc(OC)c1OC. The maximum Gasteiger partial charge on any atom is 0.225 e. The largest absolute Gasteiger partial charge is 0.493 e. The van der Waals surface area contributed by atoms with Gasteiger partial charge in [0, 0.05) is 0 Å². The molecule has 3 rings (SSSR count). The van der Waals surface area contributed by atoms with Crippen molar-refractivity contribution < 1.29 is 19.0 Å². The third-order valence-electron chi connectivity index (χ3n) is 4.94. The molecular formula is C25H27NO4. The van der Waals surface area contributed by atoms with Crippen molar-refractivity contribution in [3.63, 3.8) is 0 Å². The molecule has 0 bridgehead atoms. The second-order valence-corrected chi connectivity index (χ2v) is 7.03. The maximum absolute atomic E-state index is 13.0. The third kappa shape index (κ3) is 4.92. The van der Waals surface area contributed by atoms with Gasteiger partial charge >= 0.3 is 0 Å². The van der Waals surface area contributed by atoms with Crippen molar-refractivity contribution in [1.29, 1.82) is 0 Å². The van der Waals surface area contributed by atoms with Crippen LogP contribution in [0.25, 0.3) is 0 Å². The van der Waals surface area contributed by atoms with E-state index in [0.29, 0.717) is 17.2 Å². The molecule has 1 N–H and O–H groups in total. The molecule has 0 aliphatic heterocycles. The molecule has 5 nitrogen and oxygen atoms in total. The Labute approximate surface area is 177 Å². The van der Waals surface area contributed by atoms with Crippen LogP contribution in [0, 0.1) is 6.92 Å². The standard InChI is InChI=1S/C25H27NO4/c1-17-10-12-20(13-11-17)24(19-8-6-5-7-9-19)26-23(27)16-18-14-21(28-2)25(30-4)22(15-18)29-3/h5-15,24H,16H2,1-4H3,(H,26,27)/t24-/m1/s1. The molecule has 0 aliphatic rings. The van der Waals surface area contributed by atoms with E-state index in [1.54, 1.807) is 33.5 Å². The van der Waals surface area contributed by atoms with Crippen molar-refractivity contribution in [1.82, 2.24) is 5.32 Å². The van der Waals surface area contributed by atoms with E-state index < -0.39 is 0 Å². The van der Waals surface area contributed by atoms with E-state index in [-0.39, 0.29) is 18.4 Å². The summed E-state index contributed by atoms with van der Waals surface area (Å²) < 4.78 is 16.1. The lowest BCUT2D eigenvalue weighted by molar-refractivity contribution is -0.120. The van der Waals surface area contributed by atoms with Gasteiger partial charge in [-0.3, -0.25) is 4.79 Å². The van der Waals surface area contributed by atoms with Gasteiger partial charge in [-0.1, -0.05) is 60.2 Å². The second-order valence-electron chi connectivity index (χ2n) is 7.03. The number of carbonyl (C=O) groups excluding carboxylic acids is 1. The van der Waals surface area contributed by atoms with E-state index in [1.807, 2.05) is 49.4 Å². The van der Waals surface area contributed by atoms with Gasteiger partial charge in [-0.05, 0) is 35.7 Å². The van der Waals surface area contributed by atoms with Crippen molar-refractivity contribution in [2.75, 3.05) is 21.3 Å². The van der Waals surface area contributed by atoms with Gasteiger partial charge in [-0.25, -0.2) is 0 Å². The van der Waals surface area contributed by atoms with Crippen LogP contribution in [0.3, 0.4) is 0 Å². The van der Waals surface area contributed by atoms with Gasteiger partial charge in [0.25, 0.3) is 0 Å². The first-order valence-corrected chi connectivity index (χ1v) is 9.75. The molecule has 3 aromatic rings. The van der Waals surface area contributed by atoms with Crippen molar-refractivity contribution in [2.24, 2.45) is 0 Å². The highest BCUT2D eigenvalue weighted by molar-refractivity contribution is 5.80. The lowest BCUT2D eigenvalue weighted by Gasteiger charge is -2.20. The predicted molar refractivity (Wildman–Crippen MR) is 117 cm³/mol. The van der Waals surface area contributed by atoms with Gasteiger partial charge in [0.15, 0.2) is 11.5 Å². The van der Waals surface area contributed by atoms with Crippen LogP contribution in [-0.4, -0.2) is 27.2 Å². The highest BCUT2D eigenvalue weighted by atomic mass is 16.5. The molecule has 0 aromatic heterocycles. The van der Waals surface area contributed by atoms with Crippen LogP contribution >= 0.6 is 0 Å². The Morgan fingerprint density at radius 1 is 0.833 bits per heavy atom. The van der Waals surface area contributed by atoms with Crippen LogP contribution in [-0.2, 0) is 11.2 Å². The number of ether oxygens (including phenoxy) is 3. The number of benzene rings is 3. The summed E-state index contributed by atoms with van der Waals surface area (Å²) in [5, 5.41) is 3.17. The van der Waals surface area contributed by atoms with Crippen molar-refractivity contribution in [3.8, 4) is 17.2 Å². The minimum Gasteiger partial charge on any atom is -0.493 e. The molecule has 0 unspecified atom stereocenters.